The first kappa shape index (κ1) is 15.5. The third-order valence-electron chi connectivity index (χ3n) is 3.23. The van der Waals surface area contributed by atoms with Crippen LogP contribution in [0.3, 0.4) is 0 Å². The van der Waals surface area contributed by atoms with Crippen LogP contribution in [-0.4, -0.2) is 22.3 Å². The molecule has 6 heteroatoms. The molecule has 0 radical (unpaired) electrons. The van der Waals surface area contributed by atoms with Gasteiger partial charge in [-0.2, -0.15) is 10.2 Å². The highest BCUT2D eigenvalue weighted by Crippen LogP contribution is 2.17. The van der Waals surface area contributed by atoms with Gasteiger partial charge < -0.3 is 4.42 Å². The zero-order valence-electron chi connectivity index (χ0n) is 13.1. The topological polar surface area (TPSA) is 83.3 Å². The Morgan fingerprint density at radius 1 is 1.25 bits per heavy atom. The first-order valence-electron chi connectivity index (χ1n) is 7.38. The Balaban J connectivity index is 1.60. The normalized spacial score (nSPS) is 11.8. The highest BCUT2D eigenvalue weighted by molar-refractivity contribution is 5.94. The van der Waals surface area contributed by atoms with Gasteiger partial charge >= 0.3 is 0 Å². The summed E-state index contributed by atoms with van der Waals surface area (Å²) < 4.78 is 5.24. The fraction of sp³-hybridized carbons (Fsp3) is 0.0556. The van der Waals surface area contributed by atoms with E-state index in [4.69, 9.17) is 4.42 Å². The van der Waals surface area contributed by atoms with Crippen LogP contribution < -0.4 is 5.43 Å². The average molecular weight is 320 g/mol. The molecule has 3 rings (SSSR count). The van der Waals surface area contributed by atoms with Crippen LogP contribution in [0.1, 0.15) is 23.0 Å². The molecule has 0 atom stereocenters. The summed E-state index contributed by atoms with van der Waals surface area (Å²) in [5, 5.41) is 10.7. The van der Waals surface area contributed by atoms with Gasteiger partial charge in [0, 0.05) is 6.07 Å². The standard InChI is InChI=1S/C18H16N4O2/c1-13(10-14-6-3-2-4-7-14)12-19-22-18(23)16-11-15(20-21-16)17-8-5-9-24-17/h2-12H,1H3,(H,20,21)(H,22,23)/b13-10-,19-12+. The Morgan fingerprint density at radius 3 is 2.83 bits per heavy atom. The lowest BCUT2D eigenvalue weighted by molar-refractivity contribution is 0.0950. The molecule has 0 saturated heterocycles. The summed E-state index contributed by atoms with van der Waals surface area (Å²) in [5.74, 6) is 0.222. The van der Waals surface area contributed by atoms with Gasteiger partial charge in [-0.1, -0.05) is 36.4 Å². The van der Waals surface area contributed by atoms with Crippen LogP contribution >= 0.6 is 0 Å². The highest BCUT2D eigenvalue weighted by Gasteiger charge is 2.11. The Kier molecular flexibility index (Phi) is 4.67. The van der Waals surface area contributed by atoms with Gasteiger partial charge in [0.25, 0.3) is 5.91 Å². The molecular weight excluding hydrogens is 304 g/mol. The first-order valence-corrected chi connectivity index (χ1v) is 7.38. The van der Waals surface area contributed by atoms with Gasteiger partial charge in [-0.3, -0.25) is 9.89 Å². The lowest BCUT2D eigenvalue weighted by atomic mass is 10.1. The van der Waals surface area contributed by atoms with Crippen LogP contribution in [0.25, 0.3) is 17.5 Å². The number of hydrogen-bond acceptors (Lipinski definition) is 4. The minimum atomic E-state index is -0.396. The number of hydrazone groups is 1. The van der Waals surface area contributed by atoms with Crippen molar-refractivity contribution in [2.45, 2.75) is 6.92 Å². The van der Waals surface area contributed by atoms with Gasteiger partial charge in [0.15, 0.2) is 11.5 Å². The van der Waals surface area contributed by atoms with Crippen molar-refractivity contribution in [3.63, 3.8) is 0 Å². The summed E-state index contributed by atoms with van der Waals surface area (Å²) in [6.45, 7) is 1.91. The van der Waals surface area contributed by atoms with Gasteiger partial charge in [-0.15, -0.1) is 0 Å². The molecular formula is C18H16N4O2. The average Bonchev–Trinajstić information content (AvgIpc) is 3.27. The van der Waals surface area contributed by atoms with Crippen molar-refractivity contribution in [3.8, 4) is 11.5 Å². The van der Waals surface area contributed by atoms with Crippen molar-refractivity contribution in [1.82, 2.24) is 15.6 Å². The summed E-state index contributed by atoms with van der Waals surface area (Å²) in [4.78, 5) is 12.0. The summed E-state index contributed by atoms with van der Waals surface area (Å²) in [6.07, 6.45) is 5.12. The van der Waals surface area contributed by atoms with Crippen molar-refractivity contribution in [3.05, 3.63) is 71.6 Å². The number of nitrogens with one attached hydrogen (secondary N) is 2. The van der Waals surface area contributed by atoms with Crippen LogP contribution in [0.5, 0.6) is 0 Å². The molecule has 0 fully saturated rings. The van der Waals surface area contributed by atoms with Crippen molar-refractivity contribution in [2.75, 3.05) is 0 Å². The maximum absolute atomic E-state index is 12.0. The van der Waals surface area contributed by atoms with Crippen LogP contribution in [0.4, 0.5) is 0 Å². The van der Waals surface area contributed by atoms with Crippen LogP contribution in [0.15, 0.2) is 69.9 Å². The molecule has 6 nitrogen and oxygen atoms in total. The van der Waals surface area contributed by atoms with E-state index in [0.717, 1.165) is 11.1 Å². The SMILES string of the molecule is CC(=C/c1ccccc1)/C=N/NC(=O)c1cc(-c2ccco2)[nH]n1. The smallest absolute Gasteiger partial charge is 0.291 e. The van der Waals surface area contributed by atoms with E-state index in [0.29, 0.717) is 11.5 Å². The maximum Gasteiger partial charge on any atom is 0.291 e. The zero-order valence-corrected chi connectivity index (χ0v) is 13.1. The minimum absolute atomic E-state index is 0.239. The van der Waals surface area contributed by atoms with E-state index in [1.54, 1.807) is 30.7 Å². The molecule has 120 valence electrons. The third-order valence-corrected chi connectivity index (χ3v) is 3.23. The number of benzene rings is 1. The van der Waals surface area contributed by atoms with Gasteiger partial charge in [-0.05, 0) is 30.2 Å². The molecule has 0 saturated carbocycles. The number of hydrogen-bond donors (Lipinski definition) is 2. The summed E-state index contributed by atoms with van der Waals surface area (Å²) in [5.41, 5.74) is 5.31. The molecule has 2 heterocycles. The maximum atomic E-state index is 12.0. The zero-order chi connectivity index (χ0) is 16.8. The molecule has 0 aliphatic heterocycles. The number of aromatic amines is 1. The van der Waals surface area contributed by atoms with Gasteiger partial charge in [0.1, 0.15) is 5.69 Å². The first-order chi connectivity index (χ1) is 11.7. The van der Waals surface area contributed by atoms with E-state index in [1.165, 1.54) is 0 Å². The van der Waals surface area contributed by atoms with E-state index in [-0.39, 0.29) is 5.69 Å². The van der Waals surface area contributed by atoms with Gasteiger partial charge in [0.2, 0.25) is 0 Å². The van der Waals surface area contributed by atoms with Gasteiger partial charge in [0.05, 0.1) is 12.5 Å². The van der Waals surface area contributed by atoms with Crippen LogP contribution in [-0.2, 0) is 0 Å². The second-order valence-electron chi connectivity index (χ2n) is 5.14. The Hall–Kier alpha value is -3.41. The van der Waals surface area contributed by atoms with Crippen molar-refractivity contribution in [1.29, 1.82) is 0 Å². The molecule has 0 bridgehead atoms. The number of carbonyl (C=O) groups is 1. The van der Waals surface area contributed by atoms with Crippen molar-refractivity contribution in [2.24, 2.45) is 5.10 Å². The van der Waals surface area contributed by atoms with Crippen molar-refractivity contribution >= 4 is 18.2 Å². The second kappa shape index (κ2) is 7.23. The lowest BCUT2D eigenvalue weighted by Gasteiger charge is -1.96. The molecule has 1 amide bonds. The molecule has 2 aromatic heterocycles. The number of furan rings is 1. The van der Waals surface area contributed by atoms with Crippen LogP contribution in [0, 0.1) is 0 Å². The van der Waals surface area contributed by atoms with E-state index >= 15 is 0 Å². The molecule has 0 aliphatic rings. The summed E-state index contributed by atoms with van der Waals surface area (Å²) in [7, 11) is 0. The highest BCUT2D eigenvalue weighted by atomic mass is 16.3. The largest absolute Gasteiger partial charge is 0.463 e. The Labute approximate surface area is 138 Å². The number of H-pyrrole nitrogens is 1. The van der Waals surface area contributed by atoms with E-state index in [1.807, 2.05) is 43.3 Å². The third kappa shape index (κ3) is 3.86. The predicted octanol–water partition coefficient (Wildman–Crippen LogP) is 3.49. The fourth-order valence-electron chi connectivity index (χ4n) is 2.10. The number of nitrogens with zero attached hydrogens (tertiary/aromatic N) is 2. The van der Waals surface area contributed by atoms with Gasteiger partial charge in [-0.25, -0.2) is 5.43 Å². The molecule has 0 spiro atoms. The van der Waals surface area contributed by atoms with E-state index in [2.05, 4.69) is 20.7 Å². The lowest BCUT2D eigenvalue weighted by Crippen LogP contribution is -2.17. The van der Waals surface area contributed by atoms with Crippen LogP contribution in [0.2, 0.25) is 0 Å². The predicted molar refractivity (Wildman–Crippen MR) is 92.3 cm³/mol. The summed E-state index contributed by atoms with van der Waals surface area (Å²) >= 11 is 0. The molecule has 0 aliphatic carbocycles. The second-order valence-corrected chi connectivity index (χ2v) is 5.14. The Bertz CT molecular complexity index is 862. The molecule has 3 aromatic rings. The Morgan fingerprint density at radius 2 is 2.08 bits per heavy atom. The number of carbonyl (C=O) groups excluding carboxylic acids is 1. The van der Waals surface area contributed by atoms with Crippen molar-refractivity contribution < 1.29 is 9.21 Å². The quantitative estimate of drug-likeness (QED) is 0.557. The van der Waals surface area contributed by atoms with E-state index < -0.39 is 5.91 Å². The monoisotopic (exact) mass is 320 g/mol. The van der Waals surface area contributed by atoms with E-state index in [9.17, 15) is 4.79 Å². The minimum Gasteiger partial charge on any atom is -0.463 e. The number of rotatable bonds is 5. The molecule has 24 heavy (non-hydrogen) atoms. The number of amides is 1. The molecule has 0 unspecified atom stereocenters. The fourth-order valence-corrected chi connectivity index (χ4v) is 2.10. The number of allylic oxidation sites excluding steroid dienone is 1. The summed E-state index contributed by atoms with van der Waals surface area (Å²) in [6, 6.07) is 15.0. The number of aromatic nitrogens is 2. The molecule has 1 aromatic carbocycles. The molecule has 2 N–H and O–H groups in total.